The van der Waals surface area contributed by atoms with E-state index >= 15 is 0 Å². The van der Waals surface area contributed by atoms with Crippen molar-refractivity contribution >= 4 is 38.3 Å². The largest absolute Gasteiger partial charge is 0.494 e. The summed E-state index contributed by atoms with van der Waals surface area (Å²) in [5.41, 5.74) is 1.31. The van der Waals surface area contributed by atoms with Crippen LogP contribution in [0.15, 0.2) is 24.4 Å². The minimum Gasteiger partial charge on any atom is -0.494 e. The van der Waals surface area contributed by atoms with Gasteiger partial charge in [-0.15, -0.1) is 0 Å². The summed E-state index contributed by atoms with van der Waals surface area (Å²) >= 11 is 7.18. The SMILES string of the molecule is COc1cc(OCc2ccnc(Cl)n2)cc2sc(NC3CCCC(F)(F)C3)nc12. The fourth-order valence-corrected chi connectivity index (χ4v) is 4.51. The molecule has 0 aliphatic heterocycles. The molecule has 10 heteroatoms. The van der Waals surface area contributed by atoms with Gasteiger partial charge in [0.15, 0.2) is 5.13 Å². The number of anilines is 1. The highest BCUT2D eigenvalue weighted by Crippen LogP contribution is 2.39. The number of thiazole rings is 1. The highest BCUT2D eigenvalue weighted by Gasteiger charge is 2.36. The molecule has 0 bridgehead atoms. The zero-order chi connectivity index (χ0) is 20.4. The number of hydrogen-bond acceptors (Lipinski definition) is 7. The molecule has 29 heavy (non-hydrogen) atoms. The van der Waals surface area contributed by atoms with Crippen molar-refractivity contribution in [2.24, 2.45) is 0 Å². The third kappa shape index (κ3) is 4.84. The monoisotopic (exact) mass is 440 g/mol. The molecule has 0 saturated heterocycles. The first kappa shape index (κ1) is 20.0. The maximum Gasteiger partial charge on any atom is 0.250 e. The van der Waals surface area contributed by atoms with Crippen LogP contribution in [0.25, 0.3) is 10.2 Å². The summed E-state index contributed by atoms with van der Waals surface area (Å²) in [6, 6.07) is 5.02. The van der Waals surface area contributed by atoms with Crippen molar-refractivity contribution in [3.05, 3.63) is 35.4 Å². The van der Waals surface area contributed by atoms with Gasteiger partial charge in [0.25, 0.3) is 0 Å². The average Bonchev–Trinajstić information content (AvgIpc) is 3.07. The van der Waals surface area contributed by atoms with Crippen LogP contribution in [0.1, 0.15) is 31.4 Å². The van der Waals surface area contributed by atoms with Crippen LogP contribution in [0, 0.1) is 0 Å². The van der Waals surface area contributed by atoms with E-state index in [1.807, 2.05) is 6.07 Å². The normalized spacial score (nSPS) is 18.6. The van der Waals surface area contributed by atoms with Gasteiger partial charge in [0.05, 0.1) is 17.5 Å². The van der Waals surface area contributed by atoms with Crippen LogP contribution in [-0.4, -0.2) is 34.0 Å². The molecule has 1 aliphatic carbocycles. The van der Waals surface area contributed by atoms with E-state index in [0.717, 1.165) is 4.70 Å². The summed E-state index contributed by atoms with van der Waals surface area (Å²) in [7, 11) is 1.55. The Labute approximate surface area is 175 Å². The maximum atomic E-state index is 13.7. The van der Waals surface area contributed by atoms with E-state index in [-0.39, 0.29) is 30.8 Å². The van der Waals surface area contributed by atoms with Crippen LogP contribution >= 0.6 is 22.9 Å². The fourth-order valence-electron chi connectivity index (χ4n) is 3.35. The van der Waals surface area contributed by atoms with Gasteiger partial charge in [-0.1, -0.05) is 11.3 Å². The van der Waals surface area contributed by atoms with Crippen molar-refractivity contribution in [3.63, 3.8) is 0 Å². The molecule has 1 fully saturated rings. The Morgan fingerprint density at radius 1 is 1.34 bits per heavy atom. The van der Waals surface area contributed by atoms with Gasteiger partial charge in [-0.25, -0.2) is 23.7 Å². The molecule has 1 aliphatic rings. The average molecular weight is 441 g/mol. The van der Waals surface area contributed by atoms with Crippen LogP contribution in [0.2, 0.25) is 5.28 Å². The first-order valence-corrected chi connectivity index (χ1v) is 10.3. The summed E-state index contributed by atoms with van der Waals surface area (Å²) in [5, 5.41) is 3.92. The fraction of sp³-hybridized carbons (Fsp3) is 0.421. The van der Waals surface area contributed by atoms with Gasteiger partial charge in [0.2, 0.25) is 11.2 Å². The third-order valence-electron chi connectivity index (χ3n) is 4.69. The molecule has 1 unspecified atom stereocenters. The minimum absolute atomic E-state index is 0.0446. The second-order valence-electron chi connectivity index (χ2n) is 6.89. The number of halogens is 3. The highest BCUT2D eigenvalue weighted by atomic mass is 35.5. The first-order chi connectivity index (χ1) is 13.9. The molecule has 0 radical (unpaired) electrons. The van der Waals surface area contributed by atoms with Crippen LogP contribution in [0.3, 0.4) is 0 Å². The van der Waals surface area contributed by atoms with E-state index < -0.39 is 5.92 Å². The molecule has 1 N–H and O–H groups in total. The molecule has 154 valence electrons. The number of benzene rings is 1. The summed E-state index contributed by atoms with van der Waals surface area (Å²) < 4.78 is 39.4. The summed E-state index contributed by atoms with van der Waals surface area (Å²) in [4.78, 5) is 12.5. The maximum absolute atomic E-state index is 13.7. The van der Waals surface area contributed by atoms with Gasteiger partial charge in [-0.05, 0) is 36.6 Å². The Morgan fingerprint density at radius 3 is 2.97 bits per heavy atom. The number of nitrogens with zero attached hydrogens (tertiary/aromatic N) is 3. The van der Waals surface area contributed by atoms with E-state index in [4.69, 9.17) is 21.1 Å². The van der Waals surface area contributed by atoms with Crippen LogP contribution in [0.5, 0.6) is 11.5 Å². The van der Waals surface area contributed by atoms with Crippen molar-refractivity contribution < 1.29 is 18.3 Å². The quantitative estimate of drug-likeness (QED) is 0.523. The molecule has 2 aromatic heterocycles. The minimum atomic E-state index is -2.62. The Bertz CT molecular complexity index is 1020. The molecule has 0 amide bonds. The predicted octanol–water partition coefficient (Wildman–Crippen LogP) is 5.32. The van der Waals surface area contributed by atoms with E-state index in [1.165, 1.54) is 11.3 Å². The molecular formula is C19H19ClF2N4O2S. The smallest absolute Gasteiger partial charge is 0.250 e. The highest BCUT2D eigenvalue weighted by molar-refractivity contribution is 7.22. The van der Waals surface area contributed by atoms with E-state index in [1.54, 1.807) is 25.4 Å². The molecule has 1 saturated carbocycles. The van der Waals surface area contributed by atoms with Crippen LogP contribution < -0.4 is 14.8 Å². The standard InChI is InChI=1S/C19H19ClF2N4O2S/c1-27-14-7-13(28-10-12-4-6-23-17(20)24-12)8-15-16(14)26-18(29-15)25-11-3-2-5-19(21,22)9-11/h4,6-8,11H,2-3,5,9-10H2,1H3,(H,25,26). The number of alkyl halides is 2. The number of aromatic nitrogens is 3. The van der Waals surface area contributed by atoms with Gasteiger partial charge in [0, 0.05) is 31.1 Å². The molecule has 1 aromatic carbocycles. The van der Waals surface area contributed by atoms with Crippen LogP contribution in [0.4, 0.5) is 13.9 Å². The molecular weight excluding hydrogens is 422 g/mol. The Morgan fingerprint density at radius 2 is 2.21 bits per heavy atom. The number of methoxy groups -OCH3 is 1. The van der Waals surface area contributed by atoms with Gasteiger partial charge in [0.1, 0.15) is 23.6 Å². The lowest BCUT2D eigenvalue weighted by atomic mass is 9.92. The van der Waals surface area contributed by atoms with Gasteiger partial charge >= 0.3 is 0 Å². The topological polar surface area (TPSA) is 69.2 Å². The number of ether oxygens (including phenoxy) is 2. The lowest BCUT2D eigenvalue weighted by Gasteiger charge is -2.29. The second-order valence-corrected chi connectivity index (χ2v) is 8.26. The van der Waals surface area contributed by atoms with E-state index in [2.05, 4.69) is 20.3 Å². The predicted molar refractivity (Wildman–Crippen MR) is 108 cm³/mol. The van der Waals surface area contributed by atoms with Gasteiger partial charge < -0.3 is 14.8 Å². The van der Waals surface area contributed by atoms with Crippen LogP contribution in [-0.2, 0) is 6.61 Å². The number of rotatable bonds is 6. The molecule has 3 aromatic rings. The van der Waals surface area contributed by atoms with E-state index in [0.29, 0.717) is 40.7 Å². The first-order valence-electron chi connectivity index (χ1n) is 9.15. The summed E-state index contributed by atoms with van der Waals surface area (Å²) in [5.74, 6) is -1.48. The van der Waals surface area contributed by atoms with E-state index in [9.17, 15) is 8.78 Å². The summed E-state index contributed by atoms with van der Waals surface area (Å²) in [6.07, 6.45) is 2.56. The molecule has 1 atom stereocenters. The second kappa shape index (κ2) is 8.23. The van der Waals surface area contributed by atoms with Crippen molar-refractivity contribution in [2.45, 2.75) is 44.3 Å². The Balaban J connectivity index is 1.52. The molecule has 2 heterocycles. The van der Waals surface area contributed by atoms with Crippen molar-refractivity contribution in [1.82, 2.24) is 15.0 Å². The van der Waals surface area contributed by atoms with Crippen molar-refractivity contribution in [3.8, 4) is 11.5 Å². The van der Waals surface area contributed by atoms with Crippen molar-refractivity contribution in [2.75, 3.05) is 12.4 Å². The Hall–Kier alpha value is -2.26. The number of nitrogens with one attached hydrogen (secondary N) is 1. The van der Waals surface area contributed by atoms with Gasteiger partial charge in [-0.3, -0.25) is 0 Å². The van der Waals surface area contributed by atoms with Gasteiger partial charge in [-0.2, -0.15) is 0 Å². The van der Waals surface area contributed by atoms with Crippen molar-refractivity contribution in [1.29, 1.82) is 0 Å². The molecule has 6 nitrogen and oxygen atoms in total. The lowest BCUT2D eigenvalue weighted by molar-refractivity contribution is -0.0373. The lowest BCUT2D eigenvalue weighted by Crippen LogP contribution is -2.34. The zero-order valence-corrected chi connectivity index (χ0v) is 17.2. The third-order valence-corrected chi connectivity index (χ3v) is 5.81. The Kier molecular flexibility index (Phi) is 5.69. The zero-order valence-electron chi connectivity index (χ0n) is 15.6. The summed E-state index contributed by atoms with van der Waals surface area (Å²) in [6.45, 7) is 0.220. The molecule has 4 rings (SSSR count). The number of fused-ring (bicyclic) bond motifs is 1. The molecule has 0 spiro atoms. The number of hydrogen-bond donors (Lipinski definition) is 1.